The summed E-state index contributed by atoms with van der Waals surface area (Å²) >= 11 is 0. The van der Waals surface area contributed by atoms with E-state index in [1.54, 1.807) is 42.5 Å². The lowest BCUT2D eigenvalue weighted by atomic mass is 9.91. The molecule has 4 heteroatoms. The second-order valence-corrected chi connectivity index (χ2v) is 11.4. The molecule has 0 atom stereocenters. The van der Waals surface area contributed by atoms with Gasteiger partial charge in [-0.25, -0.2) is 15.0 Å². The fourth-order valence-corrected chi connectivity index (χ4v) is 6.41. The quantitative estimate of drug-likeness (QED) is 0.180. The summed E-state index contributed by atoms with van der Waals surface area (Å²) in [4.78, 5) is 14.2. The zero-order chi connectivity index (χ0) is 43.6. The third-order valence-electron chi connectivity index (χ3n) is 8.62. The van der Waals surface area contributed by atoms with E-state index in [-0.39, 0.29) is 72.9 Å². The number of hydrogen-bond donors (Lipinski definition) is 0. The van der Waals surface area contributed by atoms with Crippen molar-refractivity contribution in [1.82, 2.24) is 15.0 Å². The summed E-state index contributed by atoms with van der Waals surface area (Å²) in [5.41, 5.74) is -0.122. The third-order valence-corrected chi connectivity index (χ3v) is 8.62. The Labute approximate surface area is 300 Å². The number of rotatable bonds is 4. The van der Waals surface area contributed by atoms with E-state index < -0.39 is 72.5 Å². The Balaban J connectivity index is 1.36. The largest absolute Gasteiger partial charge is 0.456 e. The number of nitrogens with zero attached hydrogens (tertiary/aromatic N) is 3. The number of fused-ring (bicyclic) bond motifs is 7. The van der Waals surface area contributed by atoms with Crippen molar-refractivity contribution in [2.45, 2.75) is 0 Å². The van der Waals surface area contributed by atoms with E-state index in [1.807, 2.05) is 42.5 Å². The fourth-order valence-electron chi connectivity index (χ4n) is 6.41. The molecule has 10 aromatic rings. The summed E-state index contributed by atoms with van der Waals surface area (Å²) in [5.74, 6) is -0.668. The average molecular weight is 639 g/mol. The molecule has 0 aliphatic heterocycles. The summed E-state index contributed by atoms with van der Waals surface area (Å²) < 4.78 is 122. The molecule has 228 valence electrons. The molecule has 0 fully saturated rings. The molecule has 2 aromatic heterocycles. The highest BCUT2D eigenvalue weighted by Crippen LogP contribution is 2.40. The molecule has 0 N–H and O–H groups in total. The molecule has 0 spiro atoms. The lowest BCUT2D eigenvalue weighted by Crippen LogP contribution is -2.01. The Kier molecular flexibility index (Phi) is 3.91. The van der Waals surface area contributed by atoms with Crippen molar-refractivity contribution in [3.63, 3.8) is 0 Å². The van der Waals surface area contributed by atoms with Crippen LogP contribution in [0.4, 0.5) is 0 Å². The van der Waals surface area contributed by atoms with Crippen molar-refractivity contribution < 1.29 is 22.2 Å². The summed E-state index contributed by atoms with van der Waals surface area (Å²) in [6.07, 6.45) is 0. The monoisotopic (exact) mass is 638 g/mol. The highest BCUT2D eigenvalue weighted by atomic mass is 16.3. The van der Waals surface area contributed by atoms with Crippen LogP contribution in [0.5, 0.6) is 0 Å². The van der Waals surface area contributed by atoms with Gasteiger partial charge in [-0.2, -0.15) is 0 Å². The second-order valence-electron chi connectivity index (χ2n) is 11.4. The van der Waals surface area contributed by atoms with Crippen molar-refractivity contribution in [3.8, 4) is 45.3 Å². The molecule has 0 amide bonds. The van der Waals surface area contributed by atoms with Crippen molar-refractivity contribution in [1.29, 1.82) is 0 Å². The van der Waals surface area contributed by atoms with Gasteiger partial charge in [-0.05, 0) is 55.5 Å². The van der Waals surface area contributed by atoms with Crippen LogP contribution >= 0.6 is 0 Å². The molecule has 0 bridgehead atoms. The molecular formula is C45H27N3O. The summed E-state index contributed by atoms with van der Waals surface area (Å²) in [5, 5.41) is 2.91. The number of furan rings is 1. The maximum atomic E-state index is 9.35. The van der Waals surface area contributed by atoms with Crippen molar-refractivity contribution in [3.05, 3.63) is 163 Å². The van der Waals surface area contributed by atoms with Gasteiger partial charge in [0.05, 0.1) is 17.8 Å². The molecule has 4 nitrogen and oxygen atoms in total. The van der Waals surface area contributed by atoms with E-state index in [2.05, 4.69) is 0 Å². The molecule has 0 saturated heterocycles. The first-order chi connectivity index (χ1) is 29.7. The second kappa shape index (κ2) is 11.0. The van der Waals surface area contributed by atoms with Gasteiger partial charge in [0.15, 0.2) is 17.5 Å². The summed E-state index contributed by atoms with van der Waals surface area (Å²) in [6.45, 7) is 0. The van der Waals surface area contributed by atoms with Crippen molar-refractivity contribution >= 4 is 54.3 Å². The predicted molar refractivity (Wildman–Crippen MR) is 201 cm³/mol. The Bertz CT molecular complexity index is 3630. The maximum Gasteiger partial charge on any atom is 0.164 e. The average Bonchev–Trinajstić information content (AvgIpc) is 3.69. The third kappa shape index (κ3) is 4.42. The minimum absolute atomic E-state index is 0.0285. The van der Waals surface area contributed by atoms with E-state index in [4.69, 9.17) is 30.3 Å². The molecule has 0 saturated carbocycles. The van der Waals surface area contributed by atoms with E-state index >= 15 is 0 Å². The van der Waals surface area contributed by atoms with Gasteiger partial charge in [-0.15, -0.1) is 0 Å². The van der Waals surface area contributed by atoms with Gasteiger partial charge in [-0.1, -0.05) is 151 Å². The molecular weight excluding hydrogens is 599 g/mol. The molecule has 49 heavy (non-hydrogen) atoms. The molecule has 2 heterocycles. The number of hydrogen-bond acceptors (Lipinski definition) is 4. The van der Waals surface area contributed by atoms with E-state index in [0.29, 0.717) is 16.5 Å². The normalized spacial score (nSPS) is 15.4. The van der Waals surface area contributed by atoms with E-state index in [0.717, 1.165) is 16.2 Å². The van der Waals surface area contributed by atoms with Crippen molar-refractivity contribution in [2.75, 3.05) is 0 Å². The maximum absolute atomic E-state index is 9.35. The van der Waals surface area contributed by atoms with Crippen LogP contribution < -0.4 is 0 Å². The highest BCUT2D eigenvalue weighted by Gasteiger charge is 2.19. The standard InChI is InChI=1S/C45H27N3O/c1-2-13-29(14-3-1)43-46-44(48-45(47-43)39-23-11-25-41-42(39)38-16-6-7-24-40(38)49-41)37-22-10-20-33-32(18-9-21-35(33)37)34-19-8-17-31-30-15-5-4-12-28(30)26-27-36(31)34/h1-27H/i6D,7D,9D,10D,11D,16D,18D,20D,21D,22D,23D,24D,25D. The van der Waals surface area contributed by atoms with Gasteiger partial charge in [0, 0.05) is 27.5 Å². The first-order valence-electron chi connectivity index (χ1n) is 21.9. The SMILES string of the molecule is [2H]c1c([2H])c([2H])c2c(oc3c([2H])c([2H])c([2H])c(-c4nc(-c5ccccc5)nc(-c5c([2H])c([2H])c([2H])c6c(-c7cccc8c7ccc7ccccc78)c([2H])c([2H])c([2H])c56)n4)c32)c1[2H]. The Morgan fingerprint density at radius 3 is 1.94 bits per heavy atom. The van der Waals surface area contributed by atoms with Crippen LogP contribution in [0.15, 0.2) is 168 Å². The van der Waals surface area contributed by atoms with Crippen molar-refractivity contribution in [2.24, 2.45) is 0 Å². The van der Waals surface area contributed by atoms with Crippen LogP contribution in [0.3, 0.4) is 0 Å². The van der Waals surface area contributed by atoms with E-state index in [9.17, 15) is 6.85 Å². The molecule has 8 aromatic carbocycles. The molecule has 0 unspecified atom stereocenters. The Morgan fingerprint density at radius 2 is 1.04 bits per heavy atom. The summed E-state index contributed by atoms with van der Waals surface area (Å²) in [7, 11) is 0. The molecule has 0 aliphatic carbocycles. The van der Waals surface area contributed by atoms with Crippen LogP contribution in [0.2, 0.25) is 0 Å². The fraction of sp³-hybridized carbons (Fsp3) is 0. The molecule has 0 aliphatic rings. The topological polar surface area (TPSA) is 51.8 Å². The van der Waals surface area contributed by atoms with Crippen LogP contribution in [0.25, 0.3) is 99.5 Å². The van der Waals surface area contributed by atoms with Crippen LogP contribution in [0, 0.1) is 0 Å². The smallest absolute Gasteiger partial charge is 0.164 e. The van der Waals surface area contributed by atoms with Gasteiger partial charge >= 0.3 is 0 Å². The zero-order valence-corrected chi connectivity index (χ0v) is 25.3. The van der Waals surface area contributed by atoms with Gasteiger partial charge in [0.2, 0.25) is 0 Å². The molecule has 0 radical (unpaired) electrons. The highest BCUT2D eigenvalue weighted by molar-refractivity contribution is 6.15. The minimum Gasteiger partial charge on any atom is -0.456 e. The van der Waals surface area contributed by atoms with Gasteiger partial charge < -0.3 is 4.42 Å². The van der Waals surface area contributed by atoms with Gasteiger partial charge in [0.1, 0.15) is 11.2 Å². The van der Waals surface area contributed by atoms with Gasteiger partial charge in [0.25, 0.3) is 0 Å². The molecule has 10 rings (SSSR count). The van der Waals surface area contributed by atoms with Crippen LogP contribution in [-0.2, 0) is 0 Å². The Hall–Kier alpha value is -6.65. The first-order valence-corrected chi connectivity index (χ1v) is 15.4. The van der Waals surface area contributed by atoms with Crippen LogP contribution in [-0.4, -0.2) is 15.0 Å². The van der Waals surface area contributed by atoms with Gasteiger partial charge in [-0.3, -0.25) is 0 Å². The minimum atomic E-state index is -0.619. The number of para-hydroxylation sites is 1. The number of benzene rings is 8. The first kappa shape index (κ1) is 17.5. The van der Waals surface area contributed by atoms with Crippen LogP contribution in [0.1, 0.15) is 17.8 Å². The zero-order valence-electron chi connectivity index (χ0n) is 38.3. The lowest BCUT2D eigenvalue weighted by Gasteiger charge is -2.14. The Morgan fingerprint density at radius 1 is 0.388 bits per heavy atom. The number of aromatic nitrogens is 3. The lowest BCUT2D eigenvalue weighted by molar-refractivity contribution is 0.669. The summed E-state index contributed by atoms with van der Waals surface area (Å²) in [6, 6.07) is 18.6. The predicted octanol–water partition coefficient (Wildman–Crippen LogP) is 11.9. The van der Waals surface area contributed by atoms with E-state index in [1.165, 1.54) is 0 Å².